The van der Waals surface area contributed by atoms with Gasteiger partial charge in [0.2, 0.25) is 5.91 Å². The molecular weight excluding hydrogens is 546 g/mol. The van der Waals surface area contributed by atoms with Gasteiger partial charge < -0.3 is 20.3 Å². The lowest BCUT2D eigenvalue weighted by atomic mass is 9.87. The average Bonchev–Trinajstić information content (AvgIpc) is 2.89. The summed E-state index contributed by atoms with van der Waals surface area (Å²) < 4.78 is 4.77. The minimum absolute atomic E-state index is 0.183. The normalized spacial score (nSPS) is 11.9. The molecular formula is C30H40ClN5O5. The van der Waals surface area contributed by atoms with Gasteiger partial charge in [-0.3, -0.25) is 19.7 Å². The van der Waals surface area contributed by atoms with Crippen LogP contribution < -0.4 is 20.9 Å². The Morgan fingerprint density at radius 2 is 1.49 bits per heavy atom. The Bertz CT molecular complexity index is 1340. The maximum atomic E-state index is 13.6. The zero-order valence-electron chi connectivity index (χ0n) is 25.2. The van der Waals surface area contributed by atoms with E-state index in [1.165, 1.54) is 19.2 Å². The van der Waals surface area contributed by atoms with Gasteiger partial charge in [0.1, 0.15) is 0 Å². The van der Waals surface area contributed by atoms with Crippen LogP contribution in [0.5, 0.6) is 0 Å². The van der Waals surface area contributed by atoms with Crippen molar-refractivity contribution in [2.45, 2.75) is 55.4 Å². The van der Waals surface area contributed by atoms with Gasteiger partial charge in [-0.1, -0.05) is 53.1 Å². The van der Waals surface area contributed by atoms with Crippen LogP contribution in [0.25, 0.3) is 0 Å². The molecule has 222 valence electrons. The summed E-state index contributed by atoms with van der Waals surface area (Å²) in [6.07, 6.45) is -0.729. The fourth-order valence-electron chi connectivity index (χ4n) is 3.55. The van der Waals surface area contributed by atoms with Crippen LogP contribution in [0.4, 0.5) is 33.2 Å². The second-order valence-corrected chi connectivity index (χ2v) is 11.8. The number of ketones is 1. The lowest BCUT2D eigenvalue weighted by Gasteiger charge is -2.23. The highest BCUT2D eigenvalue weighted by Crippen LogP contribution is 2.32. The number of nitrogens with one attached hydrogen (secondary N) is 3. The molecule has 0 saturated carbocycles. The molecule has 0 spiro atoms. The number of aliphatic imine (C=N–C) groups is 1. The van der Waals surface area contributed by atoms with Gasteiger partial charge in [0.05, 0.1) is 29.2 Å². The maximum absolute atomic E-state index is 13.6. The molecule has 0 bridgehead atoms. The van der Waals surface area contributed by atoms with Gasteiger partial charge in [0.15, 0.2) is 11.5 Å². The number of methoxy groups -OCH3 is 1. The van der Waals surface area contributed by atoms with Crippen molar-refractivity contribution in [1.29, 1.82) is 0 Å². The lowest BCUT2D eigenvalue weighted by Crippen LogP contribution is -2.37. The molecule has 3 N–H and O–H groups in total. The number of benzene rings is 2. The van der Waals surface area contributed by atoms with Crippen molar-refractivity contribution in [3.8, 4) is 0 Å². The summed E-state index contributed by atoms with van der Waals surface area (Å²) in [5.41, 5.74) is -0.122. The van der Waals surface area contributed by atoms with Crippen molar-refractivity contribution in [1.82, 2.24) is 0 Å². The van der Waals surface area contributed by atoms with E-state index >= 15 is 0 Å². The van der Waals surface area contributed by atoms with Gasteiger partial charge in [0.25, 0.3) is 5.91 Å². The number of carbonyl (C=O) groups is 4. The van der Waals surface area contributed by atoms with Crippen LogP contribution in [0.3, 0.4) is 0 Å². The van der Waals surface area contributed by atoms with E-state index in [0.29, 0.717) is 5.69 Å². The maximum Gasteiger partial charge on any atom is 0.411 e. The number of carbonyl (C=O) groups excluding carboxylic acids is 4. The monoisotopic (exact) mass is 585 g/mol. The second kappa shape index (κ2) is 13.6. The van der Waals surface area contributed by atoms with E-state index in [2.05, 4.69) is 25.8 Å². The first-order valence-corrected chi connectivity index (χ1v) is 13.7. The second-order valence-electron chi connectivity index (χ2n) is 11.4. The number of anilines is 4. The molecule has 0 fully saturated rings. The first kappa shape index (κ1) is 33.3. The van der Waals surface area contributed by atoms with Crippen LogP contribution in [-0.4, -0.2) is 49.6 Å². The molecule has 0 radical (unpaired) electrons. The standard InChI is InChI=1S/C30H40ClN5O5/c1-10-36(11-2)19-13-15-21(23(17-19)35-28(40)41-9)33-24(25(37)29(3,4)5)26(38)34-22-16-18(12-14-20(22)31)32-27(39)30(6,7)8/h12-17H,10-11H2,1-9H3,(H,32,39)(H,34,38)(H,35,40). The average molecular weight is 586 g/mol. The summed E-state index contributed by atoms with van der Waals surface area (Å²) in [6.45, 7) is 15.8. The topological polar surface area (TPSA) is 129 Å². The van der Waals surface area contributed by atoms with E-state index in [1.54, 1.807) is 65.8 Å². The predicted octanol–water partition coefficient (Wildman–Crippen LogP) is 6.68. The van der Waals surface area contributed by atoms with Crippen molar-refractivity contribution in [3.05, 3.63) is 41.4 Å². The molecule has 0 atom stereocenters. The van der Waals surface area contributed by atoms with Crippen molar-refractivity contribution in [2.24, 2.45) is 15.8 Å². The number of halogens is 1. The van der Waals surface area contributed by atoms with Crippen molar-refractivity contribution in [2.75, 3.05) is 41.0 Å². The number of Topliss-reactive ketones (excluding diaryl/α,β-unsaturated/α-hetero) is 1. The highest BCUT2D eigenvalue weighted by Gasteiger charge is 2.32. The van der Waals surface area contributed by atoms with Crippen LogP contribution in [-0.2, 0) is 19.1 Å². The molecule has 41 heavy (non-hydrogen) atoms. The molecule has 0 unspecified atom stereocenters. The number of hydrogen-bond acceptors (Lipinski definition) is 7. The molecule has 2 aromatic rings. The Morgan fingerprint density at radius 3 is 2.02 bits per heavy atom. The Kier molecular flexibility index (Phi) is 11.1. The summed E-state index contributed by atoms with van der Waals surface area (Å²) in [5.74, 6) is -1.55. The third-order valence-electron chi connectivity index (χ3n) is 6.03. The number of hydrogen-bond donors (Lipinski definition) is 3. The minimum Gasteiger partial charge on any atom is -0.453 e. The highest BCUT2D eigenvalue weighted by atomic mass is 35.5. The fourth-order valence-corrected chi connectivity index (χ4v) is 3.71. The van der Waals surface area contributed by atoms with Crippen molar-refractivity contribution in [3.63, 3.8) is 0 Å². The Morgan fingerprint density at radius 1 is 0.854 bits per heavy atom. The largest absolute Gasteiger partial charge is 0.453 e. The Balaban J connectivity index is 2.60. The van der Waals surface area contributed by atoms with Gasteiger partial charge in [-0.05, 0) is 50.2 Å². The van der Waals surface area contributed by atoms with E-state index in [0.717, 1.165) is 18.8 Å². The molecule has 2 aromatic carbocycles. The summed E-state index contributed by atoms with van der Waals surface area (Å²) in [7, 11) is 1.23. The van der Waals surface area contributed by atoms with Crippen LogP contribution >= 0.6 is 11.6 Å². The van der Waals surface area contributed by atoms with Crippen LogP contribution in [0.15, 0.2) is 41.4 Å². The SMILES string of the molecule is CCN(CC)c1ccc(N=C(C(=O)Nc2cc(NC(=O)C(C)(C)C)ccc2Cl)C(=O)C(C)(C)C)c(NC(=O)OC)c1. The van der Waals surface area contributed by atoms with Crippen molar-refractivity contribution >= 4 is 69.4 Å². The number of nitrogens with zero attached hydrogens (tertiary/aromatic N) is 2. The van der Waals surface area contributed by atoms with E-state index in [-0.39, 0.29) is 33.7 Å². The summed E-state index contributed by atoms with van der Waals surface area (Å²) in [4.78, 5) is 58.1. The molecule has 0 saturated heterocycles. The summed E-state index contributed by atoms with van der Waals surface area (Å²) in [6, 6.07) is 9.77. The molecule has 2 rings (SSSR count). The number of ether oxygens (including phenoxy) is 1. The van der Waals surface area contributed by atoms with Crippen LogP contribution in [0, 0.1) is 10.8 Å². The lowest BCUT2D eigenvalue weighted by molar-refractivity contribution is -0.123. The fraction of sp³-hybridized carbons (Fsp3) is 0.433. The highest BCUT2D eigenvalue weighted by molar-refractivity contribution is 6.68. The van der Waals surface area contributed by atoms with E-state index < -0.39 is 28.6 Å². The van der Waals surface area contributed by atoms with Gasteiger partial charge in [-0.15, -0.1) is 0 Å². The molecule has 3 amide bonds. The number of rotatable bonds is 9. The Hall–Kier alpha value is -3.92. The van der Waals surface area contributed by atoms with Crippen LogP contribution in [0.1, 0.15) is 55.4 Å². The molecule has 0 aromatic heterocycles. The van der Waals surface area contributed by atoms with Gasteiger partial charge in [-0.25, -0.2) is 9.79 Å². The molecule has 0 aliphatic rings. The first-order valence-electron chi connectivity index (χ1n) is 13.3. The van der Waals surface area contributed by atoms with Gasteiger partial charge in [0, 0.05) is 35.3 Å². The van der Waals surface area contributed by atoms with E-state index in [9.17, 15) is 19.2 Å². The quantitative estimate of drug-likeness (QED) is 0.222. The van der Waals surface area contributed by atoms with Gasteiger partial charge in [-0.2, -0.15) is 0 Å². The summed E-state index contributed by atoms with van der Waals surface area (Å²) >= 11 is 6.36. The first-order chi connectivity index (χ1) is 19.0. The molecule has 11 heteroatoms. The van der Waals surface area contributed by atoms with E-state index in [4.69, 9.17) is 16.3 Å². The zero-order valence-corrected chi connectivity index (χ0v) is 25.9. The minimum atomic E-state index is -0.959. The Labute approximate surface area is 246 Å². The van der Waals surface area contributed by atoms with Crippen molar-refractivity contribution < 1.29 is 23.9 Å². The summed E-state index contributed by atoms with van der Waals surface area (Å²) in [5, 5.41) is 8.28. The molecule has 0 aliphatic carbocycles. The predicted molar refractivity (Wildman–Crippen MR) is 166 cm³/mol. The third-order valence-corrected chi connectivity index (χ3v) is 6.36. The molecule has 10 nitrogen and oxygen atoms in total. The number of amides is 3. The smallest absolute Gasteiger partial charge is 0.411 e. The van der Waals surface area contributed by atoms with Gasteiger partial charge >= 0.3 is 6.09 Å². The van der Waals surface area contributed by atoms with Crippen LogP contribution in [0.2, 0.25) is 5.02 Å². The zero-order chi connectivity index (χ0) is 31.1. The third kappa shape index (κ3) is 9.04. The molecule has 0 aliphatic heterocycles. The van der Waals surface area contributed by atoms with E-state index in [1.807, 2.05) is 13.8 Å². The molecule has 0 heterocycles.